The molecule has 0 saturated heterocycles. The standard InChI is InChI=1S/C17H20N4O3/c1-18-17(23)15-10-20(9-13-8-19-11-21(13)15)16(22)7-12-4-3-5-14(6-12)24-2/h3-6,8,11,15H,7,9-10H2,1-2H3,(H,18,23). The molecule has 1 aromatic carbocycles. The average Bonchev–Trinajstić information content (AvgIpc) is 3.08. The Morgan fingerprint density at radius 3 is 3.00 bits per heavy atom. The predicted octanol–water partition coefficient (Wildman–Crippen LogP) is 0.764. The van der Waals surface area contributed by atoms with Gasteiger partial charge in [-0.2, -0.15) is 0 Å². The Balaban J connectivity index is 1.77. The normalized spacial score (nSPS) is 16.4. The number of methoxy groups -OCH3 is 1. The maximum absolute atomic E-state index is 12.7. The lowest BCUT2D eigenvalue weighted by molar-refractivity contribution is -0.134. The first-order chi connectivity index (χ1) is 11.6. The first-order valence-electron chi connectivity index (χ1n) is 7.75. The van der Waals surface area contributed by atoms with Crippen LogP contribution in [-0.2, 0) is 22.6 Å². The van der Waals surface area contributed by atoms with Crippen LogP contribution in [0.2, 0.25) is 0 Å². The second-order valence-corrected chi connectivity index (χ2v) is 5.72. The van der Waals surface area contributed by atoms with Gasteiger partial charge in [0.25, 0.3) is 0 Å². The highest BCUT2D eigenvalue weighted by atomic mass is 16.5. The van der Waals surface area contributed by atoms with E-state index in [1.165, 1.54) is 0 Å². The molecule has 1 aliphatic heterocycles. The highest BCUT2D eigenvalue weighted by Gasteiger charge is 2.31. The number of ether oxygens (including phenoxy) is 1. The van der Waals surface area contributed by atoms with E-state index in [0.29, 0.717) is 13.1 Å². The third-order valence-electron chi connectivity index (χ3n) is 4.22. The molecule has 7 nitrogen and oxygen atoms in total. The molecule has 0 aliphatic carbocycles. The summed E-state index contributed by atoms with van der Waals surface area (Å²) in [5.74, 6) is 0.568. The molecule has 1 atom stereocenters. The van der Waals surface area contributed by atoms with Crippen molar-refractivity contribution in [1.82, 2.24) is 19.8 Å². The predicted molar refractivity (Wildman–Crippen MR) is 87.4 cm³/mol. The van der Waals surface area contributed by atoms with Crippen LogP contribution in [-0.4, -0.2) is 47.0 Å². The molecule has 2 heterocycles. The summed E-state index contributed by atoms with van der Waals surface area (Å²) in [6, 6.07) is 7.00. The third-order valence-corrected chi connectivity index (χ3v) is 4.22. The number of rotatable bonds is 4. The van der Waals surface area contributed by atoms with Crippen molar-refractivity contribution in [3.63, 3.8) is 0 Å². The number of nitrogens with zero attached hydrogens (tertiary/aromatic N) is 3. The van der Waals surface area contributed by atoms with Gasteiger partial charge in [0.1, 0.15) is 11.8 Å². The van der Waals surface area contributed by atoms with Gasteiger partial charge < -0.3 is 19.5 Å². The van der Waals surface area contributed by atoms with Crippen LogP contribution in [0, 0.1) is 0 Å². The van der Waals surface area contributed by atoms with Crippen LogP contribution < -0.4 is 10.1 Å². The number of likely N-dealkylation sites (N-methyl/N-ethyl adjacent to an activating group) is 1. The molecule has 3 rings (SSSR count). The van der Waals surface area contributed by atoms with E-state index in [9.17, 15) is 9.59 Å². The van der Waals surface area contributed by atoms with Gasteiger partial charge >= 0.3 is 0 Å². The molecule has 126 valence electrons. The fraction of sp³-hybridized carbons (Fsp3) is 0.353. The third kappa shape index (κ3) is 3.10. The zero-order valence-electron chi connectivity index (χ0n) is 13.7. The largest absolute Gasteiger partial charge is 0.497 e. The van der Waals surface area contributed by atoms with Crippen LogP contribution in [0.1, 0.15) is 17.3 Å². The number of benzene rings is 1. The van der Waals surface area contributed by atoms with E-state index in [1.807, 2.05) is 28.8 Å². The smallest absolute Gasteiger partial charge is 0.244 e. The monoisotopic (exact) mass is 328 g/mol. The molecule has 1 N–H and O–H groups in total. The van der Waals surface area contributed by atoms with Gasteiger partial charge in [0.2, 0.25) is 11.8 Å². The van der Waals surface area contributed by atoms with Gasteiger partial charge in [0.05, 0.1) is 38.6 Å². The summed E-state index contributed by atoms with van der Waals surface area (Å²) in [5, 5.41) is 2.65. The van der Waals surface area contributed by atoms with E-state index in [4.69, 9.17) is 4.74 Å². The molecule has 0 saturated carbocycles. The van der Waals surface area contributed by atoms with Crippen molar-refractivity contribution in [3.8, 4) is 5.75 Å². The maximum atomic E-state index is 12.7. The summed E-state index contributed by atoms with van der Waals surface area (Å²) in [6.45, 7) is 0.794. The first kappa shape index (κ1) is 16.0. The zero-order valence-corrected chi connectivity index (χ0v) is 13.7. The Hall–Kier alpha value is -2.83. The SMILES string of the molecule is CNC(=O)C1CN(C(=O)Cc2cccc(OC)c2)Cc2cncn21. The van der Waals surface area contributed by atoms with Crippen molar-refractivity contribution >= 4 is 11.8 Å². The van der Waals surface area contributed by atoms with Crippen molar-refractivity contribution < 1.29 is 14.3 Å². The Morgan fingerprint density at radius 1 is 1.42 bits per heavy atom. The Morgan fingerprint density at radius 2 is 2.25 bits per heavy atom. The van der Waals surface area contributed by atoms with Gasteiger partial charge in [-0.25, -0.2) is 4.98 Å². The Labute approximate surface area is 140 Å². The number of carbonyl (C=O) groups excluding carboxylic acids is 2. The Kier molecular flexibility index (Phi) is 4.50. The van der Waals surface area contributed by atoms with Gasteiger partial charge in [0, 0.05) is 13.2 Å². The summed E-state index contributed by atoms with van der Waals surface area (Å²) >= 11 is 0. The topological polar surface area (TPSA) is 76.5 Å². The summed E-state index contributed by atoms with van der Waals surface area (Å²) in [7, 11) is 3.19. The van der Waals surface area contributed by atoms with E-state index in [0.717, 1.165) is 17.0 Å². The summed E-state index contributed by atoms with van der Waals surface area (Å²) < 4.78 is 7.02. The molecular formula is C17H20N4O3. The lowest BCUT2D eigenvalue weighted by Gasteiger charge is -2.33. The van der Waals surface area contributed by atoms with E-state index < -0.39 is 6.04 Å². The molecule has 2 aromatic rings. The van der Waals surface area contributed by atoms with Crippen LogP contribution in [0.25, 0.3) is 0 Å². The van der Waals surface area contributed by atoms with E-state index >= 15 is 0 Å². The number of fused-ring (bicyclic) bond motifs is 1. The van der Waals surface area contributed by atoms with E-state index in [1.54, 1.807) is 31.6 Å². The second-order valence-electron chi connectivity index (χ2n) is 5.72. The molecule has 0 fully saturated rings. The van der Waals surface area contributed by atoms with Crippen LogP contribution in [0.15, 0.2) is 36.8 Å². The summed E-state index contributed by atoms with van der Waals surface area (Å²) in [4.78, 5) is 30.6. The second kappa shape index (κ2) is 6.74. The van der Waals surface area contributed by atoms with Gasteiger partial charge in [-0.3, -0.25) is 9.59 Å². The fourth-order valence-corrected chi connectivity index (χ4v) is 2.93. The number of amides is 2. The molecule has 2 amide bonds. The van der Waals surface area contributed by atoms with Crippen LogP contribution >= 0.6 is 0 Å². The Bertz CT molecular complexity index is 756. The summed E-state index contributed by atoms with van der Waals surface area (Å²) in [6.07, 6.45) is 3.60. The highest BCUT2D eigenvalue weighted by molar-refractivity contribution is 5.83. The molecule has 0 radical (unpaired) electrons. The van der Waals surface area contributed by atoms with E-state index in [2.05, 4.69) is 10.3 Å². The first-order valence-corrected chi connectivity index (χ1v) is 7.75. The lowest BCUT2D eigenvalue weighted by atomic mass is 10.1. The molecular weight excluding hydrogens is 308 g/mol. The number of imidazole rings is 1. The number of nitrogens with one attached hydrogen (secondary N) is 1. The molecule has 1 aromatic heterocycles. The van der Waals surface area contributed by atoms with Crippen LogP contribution in [0.4, 0.5) is 0 Å². The number of hydrogen-bond donors (Lipinski definition) is 1. The van der Waals surface area contributed by atoms with Crippen molar-refractivity contribution in [2.75, 3.05) is 20.7 Å². The van der Waals surface area contributed by atoms with Crippen molar-refractivity contribution in [2.45, 2.75) is 19.0 Å². The zero-order chi connectivity index (χ0) is 17.1. The van der Waals surface area contributed by atoms with Gasteiger partial charge in [0.15, 0.2) is 0 Å². The fourth-order valence-electron chi connectivity index (χ4n) is 2.93. The number of hydrogen-bond acceptors (Lipinski definition) is 4. The number of aromatic nitrogens is 2. The van der Waals surface area contributed by atoms with Crippen LogP contribution in [0.3, 0.4) is 0 Å². The molecule has 1 aliphatic rings. The number of carbonyl (C=O) groups is 2. The van der Waals surface area contributed by atoms with Crippen molar-refractivity contribution in [2.24, 2.45) is 0 Å². The molecule has 0 bridgehead atoms. The minimum Gasteiger partial charge on any atom is -0.497 e. The van der Waals surface area contributed by atoms with Crippen LogP contribution in [0.5, 0.6) is 5.75 Å². The van der Waals surface area contributed by atoms with E-state index in [-0.39, 0.29) is 18.2 Å². The molecule has 0 spiro atoms. The molecule has 7 heteroatoms. The van der Waals surface area contributed by atoms with Gasteiger partial charge in [-0.05, 0) is 17.7 Å². The highest BCUT2D eigenvalue weighted by Crippen LogP contribution is 2.22. The summed E-state index contributed by atoms with van der Waals surface area (Å²) in [5.41, 5.74) is 1.74. The quantitative estimate of drug-likeness (QED) is 0.899. The lowest BCUT2D eigenvalue weighted by Crippen LogP contribution is -2.46. The molecule has 1 unspecified atom stereocenters. The van der Waals surface area contributed by atoms with Crippen molar-refractivity contribution in [1.29, 1.82) is 0 Å². The van der Waals surface area contributed by atoms with Gasteiger partial charge in [-0.15, -0.1) is 0 Å². The van der Waals surface area contributed by atoms with Crippen molar-refractivity contribution in [3.05, 3.63) is 48.0 Å². The average molecular weight is 328 g/mol. The minimum absolute atomic E-state index is 0.0235. The van der Waals surface area contributed by atoms with Gasteiger partial charge in [-0.1, -0.05) is 12.1 Å². The maximum Gasteiger partial charge on any atom is 0.244 e. The minimum atomic E-state index is -0.449. The molecule has 24 heavy (non-hydrogen) atoms.